The molecule has 1 aliphatic heterocycles. The van der Waals surface area contributed by atoms with Crippen molar-refractivity contribution in [2.45, 2.75) is 13.0 Å². The first-order chi connectivity index (χ1) is 9.45. The van der Waals surface area contributed by atoms with E-state index in [1.54, 1.807) is 12.1 Å². The van der Waals surface area contributed by atoms with E-state index in [9.17, 15) is 4.79 Å². The Labute approximate surface area is 128 Å². The van der Waals surface area contributed by atoms with E-state index in [-0.39, 0.29) is 0 Å². The number of aromatic carboxylic acids is 1. The monoisotopic (exact) mass is 340 g/mol. The van der Waals surface area contributed by atoms with Crippen LogP contribution in [0.4, 0.5) is 0 Å². The first-order valence-corrected chi connectivity index (χ1v) is 7.64. The van der Waals surface area contributed by atoms with Crippen molar-refractivity contribution in [3.8, 4) is 0 Å². The van der Waals surface area contributed by atoms with Gasteiger partial charge in [-0.2, -0.15) is 0 Å². The molecule has 0 saturated carbocycles. The summed E-state index contributed by atoms with van der Waals surface area (Å²) < 4.78 is 0.868. The Kier molecular flexibility index (Phi) is 5.18. The van der Waals surface area contributed by atoms with E-state index in [1.807, 2.05) is 6.07 Å². The fourth-order valence-electron chi connectivity index (χ4n) is 2.78. The average molecular weight is 341 g/mol. The highest BCUT2D eigenvalue weighted by Gasteiger charge is 2.21. The molecule has 0 spiro atoms. The number of hydrogen-bond donors (Lipinski definition) is 1. The van der Waals surface area contributed by atoms with Crippen LogP contribution >= 0.6 is 15.9 Å². The van der Waals surface area contributed by atoms with Crippen molar-refractivity contribution >= 4 is 21.9 Å². The molecule has 1 heterocycles. The van der Waals surface area contributed by atoms with Crippen LogP contribution in [0.5, 0.6) is 0 Å². The molecule has 2 rings (SSSR count). The van der Waals surface area contributed by atoms with Gasteiger partial charge in [0.05, 0.1) is 5.56 Å². The lowest BCUT2D eigenvalue weighted by molar-refractivity contribution is 0.0697. The van der Waals surface area contributed by atoms with E-state index in [4.69, 9.17) is 5.11 Å². The maximum absolute atomic E-state index is 10.9. The third kappa shape index (κ3) is 4.04. The molecule has 1 N–H and O–H groups in total. The standard InChI is InChI=1S/C15H21BrN2O2/c1-17-6-5-11(8-17)9-18(2)10-13-4-3-12(15(19)20)7-14(13)16/h3-4,7,11H,5-6,8-10H2,1-2H3,(H,19,20). The molecule has 1 aromatic rings. The Hall–Kier alpha value is -0.910. The minimum Gasteiger partial charge on any atom is -0.478 e. The van der Waals surface area contributed by atoms with E-state index < -0.39 is 5.97 Å². The molecule has 0 bridgehead atoms. The van der Waals surface area contributed by atoms with Crippen LogP contribution in [0.3, 0.4) is 0 Å². The molecule has 1 aliphatic rings. The van der Waals surface area contributed by atoms with E-state index in [1.165, 1.54) is 19.5 Å². The van der Waals surface area contributed by atoms with Crippen molar-refractivity contribution in [3.63, 3.8) is 0 Å². The Morgan fingerprint density at radius 1 is 1.55 bits per heavy atom. The summed E-state index contributed by atoms with van der Waals surface area (Å²) in [6.07, 6.45) is 1.26. The van der Waals surface area contributed by atoms with Crippen LogP contribution in [0, 0.1) is 5.92 Å². The topological polar surface area (TPSA) is 43.8 Å². The number of hydrogen-bond acceptors (Lipinski definition) is 3. The van der Waals surface area contributed by atoms with E-state index in [0.29, 0.717) is 5.56 Å². The Morgan fingerprint density at radius 3 is 2.85 bits per heavy atom. The Balaban J connectivity index is 1.94. The second kappa shape index (κ2) is 6.70. The largest absolute Gasteiger partial charge is 0.478 e. The molecule has 1 aromatic carbocycles. The lowest BCUT2D eigenvalue weighted by Gasteiger charge is -2.21. The normalized spacial score (nSPS) is 19.7. The fraction of sp³-hybridized carbons (Fsp3) is 0.533. The molecule has 110 valence electrons. The highest BCUT2D eigenvalue weighted by Crippen LogP contribution is 2.21. The number of carboxylic acids is 1. The third-order valence-electron chi connectivity index (χ3n) is 3.80. The fourth-order valence-corrected chi connectivity index (χ4v) is 3.28. The molecular formula is C15H21BrN2O2. The first-order valence-electron chi connectivity index (χ1n) is 6.84. The molecule has 1 saturated heterocycles. The third-order valence-corrected chi connectivity index (χ3v) is 4.54. The number of benzene rings is 1. The van der Waals surface area contributed by atoms with Crippen LogP contribution in [0.25, 0.3) is 0 Å². The minimum atomic E-state index is -0.889. The van der Waals surface area contributed by atoms with Crippen LogP contribution in [0.2, 0.25) is 0 Å². The molecule has 0 aromatic heterocycles. The summed E-state index contributed by atoms with van der Waals surface area (Å²) in [5.74, 6) is -0.151. The molecule has 1 atom stereocenters. The van der Waals surface area contributed by atoms with Gasteiger partial charge in [-0.15, -0.1) is 0 Å². The molecule has 1 unspecified atom stereocenters. The van der Waals surface area contributed by atoms with E-state index >= 15 is 0 Å². The maximum Gasteiger partial charge on any atom is 0.335 e. The summed E-state index contributed by atoms with van der Waals surface area (Å²) in [4.78, 5) is 15.6. The summed E-state index contributed by atoms with van der Waals surface area (Å²) in [7, 11) is 4.29. The summed E-state index contributed by atoms with van der Waals surface area (Å²) in [6, 6.07) is 5.24. The van der Waals surface area contributed by atoms with Crippen molar-refractivity contribution in [2.24, 2.45) is 5.92 Å². The van der Waals surface area contributed by atoms with Gasteiger partial charge in [-0.05, 0) is 50.7 Å². The molecular weight excluding hydrogens is 320 g/mol. The maximum atomic E-state index is 10.9. The number of carboxylic acid groups (broad SMARTS) is 1. The smallest absolute Gasteiger partial charge is 0.335 e. The lowest BCUT2D eigenvalue weighted by Crippen LogP contribution is -2.27. The van der Waals surface area contributed by atoms with Gasteiger partial charge in [0, 0.05) is 24.1 Å². The van der Waals surface area contributed by atoms with Crippen molar-refractivity contribution in [1.82, 2.24) is 9.80 Å². The first kappa shape index (κ1) is 15.5. The number of halogens is 1. The van der Waals surface area contributed by atoms with Gasteiger partial charge in [-0.1, -0.05) is 22.0 Å². The molecule has 0 radical (unpaired) electrons. The lowest BCUT2D eigenvalue weighted by atomic mass is 10.1. The molecule has 1 fully saturated rings. The number of carbonyl (C=O) groups is 1. The number of likely N-dealkylation sites (tertiary alicyclic amines) is 1. The van der Waals surface area contributed by atoms with Crippen molar-refractivity contribution < 1.29 is 9.90 Å². The molecule has 0 amide bonds. The van der Waals surface area contributed by atoms with Crippen molar-refractivity contribution in [3.05, 3.63) is 33.8 Å². The quantitative estimate of drug-likeness (QED) is 0.894. The predicted molar refractivity (Wildman–Crippen MR) is 83.0 cm³/mol. The molecule has 0 aliphatic carbocycles. The number of nitrogens with zero attached hydrogens (tertiary/aromatic N) is 2. The molecule has 20 heavy (non-hydrogen) atoms. The van der Waals surface area contributed by atoms with E-state index in [0.717, 1.165) is 29.0 Å². The van der Waals surface area contributed by atoms with Gasteiger partial charge in [0.15, 0.2) is 0 Å². The molecule has 4 nitrogen and oxygen atoms in total. The second-order valence-corrected chi connectivity index (χ2v) is 6.58. The van der Waals surface area contributed by atoms with Gasteiger partial charge in [-0.3, -0.25) is 0 Å². The van der Waals surface area contributed by atoms with Crippen molar-refractivity contribution in [1.29, 1.82) is 0 Å². The predicted octanol–water partition coefficient (Wildman–Crippen LogP) is 2.53. The van der Waals surface area contributed by atoms with Crippen LogP contribution in [-0.2, 0) is 6.54 Å². The zero-order valence-electron chi connectivity index (χ0n) is 12.0. The zero-order chi connectivity index (χ0) is 14.7. The molecule has 5 heteroatoms. The summed E-state index contributed by atoms with van der Waals surface area (Å²) in [5.41, 5.74) is 1.45. The van der Waals surface area contributed by atoms with Crippen molar-refractivity contribution in [2.75, 3.05) is 33.7 Å². The SMILES string of the molecule is CN1CCC(CN(C)Cc2ccc(C(=O)O)cc2Br)C1. The average Bonchev–Trinajstić information content (AvgIpc) is 2.77. The van der Waals surface area contributed by atoms with Crippen LogP contribution < -0.4 is 0 Å². The Bertz CT molecular complexity index is 493. The minimum absolute atomic E-state index is 0.320. The Morgan fingerprint density at radius 2 is 2.30 bits per heavy atom. The van der Waals surface area contributed by atoms with Crippen LogP contribution in [0.1, 0.15) is 22.3 Å². The summed E-state index contributed by atoms with van der Waals surface area (Å²) in [6.45, 7) is 4.27. The van der Waals surface area contributed by atoms with Crippen LogP contribution in [0.15, 0.2) is 22.7 Å². The van der Waals surface area contributed by atoms with Crippen LogP contribution in [-0.4, -0.2) is 54.6 Å². The highest BCUT2D eigenvalue weighted by atomic mass is 79.9. The van der Waals surface area contributed by atoms with Gasteiger partial charge in [0.1, 0.15) is 0 Å². The zero-order valence-corrected chi connectivity index (χ0v) is 13.6. The highest BCUT2D eigenvalue weighted by molar-refractivity contribution is 9.10. The summed E-state index contributed by atoms with van der Waals surface area (Å²) in [5, 5.41) is 8.96. The van der Waals surface area contributed by atoms with Gasteiger partial charge in [-0.25, -0.2) is 4.79 Å². The second-order valence-electron chi connectivity index (χ2n) is 5.73. The van der Waals surface area contributed by atoms with Gasteiger partial charge >= 0.3 is 5.97 Å². The van der Waals surface area contributed by atoms with Gasteiger partial charge in [0.25, 0.3) is 0 Å². The number of rotatable bonds is 5. The van der Waals surface area contributed by atoms with E-state index in [2.05, 4.69) is 39.8 Å². The van der Waals surface area contributed by atoms with Gasteiger partial charge in [0.2, 0.25) is 0 Å². The van der Waals surface area contributed by atoms with Gasteiger partial charge < -0.3 is 14.9 Å². The summed E-state index contributed by atoms with van der Waals surface area (Å²) >= 11 is 3.47.